The van der Waals surface area contributed by atoms with E-state index in [9.17, 15) is 4.39 Å². The van der Waals surface area contributed by atoms with Gasteiger partial charge in [-0.15, -0.1) is 0 Å². The summed E-state index contributed by atoms with van der Waals surface area (Å²) in [6.07, 6.45) is 4.75. The van der Waals surface area contributed by atoms with Gasteiger partial charge in [0.15, 0.2) is 5.82 Å². The van der Waals surface area contributed by atoms with Crippen LogP contribution >= 0.6 is 11.6 Å². The van der Waals surface area contributed by atoms with Crippen molar-refractivity contribution in [3.63, 3.8) is 0 Å². The molecule has 0 amide bonds. The van der Waals surface area contributed by atoms with Crippen LogP contribution in [0.2, 0.25) is 5.02 Å². The molecule has 0 aromatic heterocycles. The van der Waals surface area contributed by atoms with E-state index in [1.165, 1.54) is 6.42 Å². The average Bonchev–Trinajstić information content (AvgIpc) is 2.83. The highest BCUT2D eigenvalue weighted by molar-refractivity contribution is 6.31. The van der Waals surface area contributed by atoms with Gasteiger partial charge in [-0.25, -0.2) is 4.39 Å². The van der Waals surface area contributed by atoms with E-state index in [-0.39, 0.29) is 10.8 Å². The van der Waals surface area contributed by atoms with E-state index in [4.69, 9.17) is 16.3 Å². The van der Waals surface area contributed by atoms with Gasteiger partial charge in [-0.1, -0.05) is 17.7 Å². The number of hydrogen-bond donors (Lipinski definition) is 1. The Morgan fingerprint density at radius 2 is 2.35 bits per heavy atom. The molecule has 1 aliphatic rings. The summed E-state index contributed by atoms with van der Waals surface area (Å²) in [5, 5.41) is 3.22. The lowest BCUT2D eigenvalue weighted by Crippen LogP contribution is -2.09. The average molecular weight is 258 g/mol. The molecule has 0 radical (unpaired) electrons. The standard InChI is InChI=1S/C13H17ClFNO/c14-11-6-1-7-12(13(11)15)16-8-2-4-10-5-3-9-17-10/h1,6-7,10,16H,2-5,8-9H2. The van der Waals surface area contributed by atoms with Crippen molar-refractivity contribution in [1.29, 1.82) is 0 Å². The van der Waals surface area contributed by atoms with Crippen LogP contribution in [0.1, 0.15) is 25.7 Å². The van der Waals surface area contributed by atoms with Crippen LogP contribution in [0.25, 0.3) is 0 Å². The molecule has 1 heterocycles. The normalized spacial score (nSPS) is 19.5. The second-order valence-electron chi connectivity index (χ2n) is 4.31. The second kappa shape index (κ2) is 6.22. The van der Waals surface area contributed by atoms with Crippen LogP contribution in [0.4, 0.5) is 10.1 Å². The second-order valence-corrected chi connectivity index (χ2v) is 4.71. The van der Waals surface area contributed by atoms with Crippen molar-refractivity contribution in [1.82, 2.24) is 0 Å². The van der Waals surface area contributed by atoms with Crippen molar-refractivity contribution >= 4 is 17.3 Å². The van der Waals surface area contributed by atoms with E-state index in [1.807, 2.05) is 0 Å². The molecule has 4 heteroatoms. The first-order valence-corrected chi connectivity index (χ1v) is 6.44. The van der Waals surface area contributed by atoms with Crippen molar-refractivity contribution in [2.45, 2.75) is 31.8 Å². The van der Waals surface area contributed by atoms with Gasteiger partial charge in [-0.05, 0) is 37.8 Å². The number of rotatable bonds is 5. The molecule has 0 aliphatic carbocycles. The van der Waals surface area contributed by atoms with E-state index < -0.39 is 0 Å². The summed E-state index contributed by atoms with van der Waals surface area (Å²) in [6, 6.07) is 5.00. The number of anilines is 1. The molecular formula is C13H17ClFNO. The Bertz CT molecular complexity index is 366. The van der Waals surface area contributed by atoms with Crippen molar-refractivity contribution in [2.24, 2.45) is 0 Å². The highest BCUT2D eigenvalue weighted by Crippen LogP contribution is 2.22. The Hall–Kier alpha value is -0.800. The highest BCUT2D eigenvalue weighted by Gasteiger charge is 2.14. The third kappa shape index (κ3) is 3.58. The minimum atomic E-state index is -0.369. The maximum absolute atomic E-state index is 13.5. The molecular weight excluding hydrogens is 241 g/mol. The molecule has 0 bridgehead atoms. The number of nitrogens with one attached hydrogen (secondary N) is 1. The lowest BCUT2D eigenvalue weighted by molar-refractivity contribution is 0.103. The van der Waals surface area contributed by atoms with E-state index in [2.05, 4.69) is 5.32 Å². The molecule has 1 N–H and O–H groups in total. The molecule has 17 heavy (non-hydrogen) atoms. The molecule has 1 unspecified atom stereocenters. The first kappa shape index (κ1) is 12.7. The topological polar surface area (TPSA) is 21.3 Å². The van der Waals surface area contributed by atoms with Crippen LogP contribution in [-0.4, -0.2) is 19.3 Å². The first-order valence-electron chi connectivity index (χ1n) is 6.07. The minimum Gasteiger partial charge on any atom is -0.383 e. The van der Waals surface area contributed by atoms with Gasteiger partial charge in [0, 0.05) is 13.2 Å². The lowest BCUT2D eigenvalue weighted by Gasteiger charge is -2.11. The fraction of sp³-hybridized carbons (Fsp3) is 0.538. The lowest BCUT2D eigenvalue weighted by atomic mass is 10.1. The summed E-state index contributed by atoms with van der Waals surface area (Å²) in [6.45, 7) is 1.64. The maximum atomic E-state index is 13.5. The van der Waals surface area contributed by atoms with E-state index >= 15 is 0 Å². The molecule has 2 nitrogen and oxygen atoms in total. The van der Waals surface area contributed by atoms with Crippen LogP contribution in [-0.2, 0) is 4.74 Å². The first-order chi connectivity index (χ1) is 8.27. The van der Waals surface area contributed by atoms with Crippen LogP contribution in [0.15, 0.2) is 18.2 Å². The molecule has 1 aromatic rings. The van der Waals surface area contributed by atoms with Gasteiger partial charge in [0.1, 0.15) is 0 Å². The fourth-order valence-corrected chi connectivity index (χ4v) is 2.24. The Labute approximate surface area is 106 Å². The smallest absolute Gasteiger partial charge is 0.164 e. The van der Waals surface area contributed by atoms with Gasteiger partial charge < -0.3 is 10.1 Å². The number of halogens is 2. The minimum absolute atomic E-state index is 0.161. The zero-order chi connectivity index (χ0) is 12.1. The predicted octanol–water partition coefficient (Wildman–Crippen LogP) is 3.85. The van der Waals surface area contributed by atoms with Crippen molar-refractivity contribution in [3.8, 4) is 0 Å². The summed E-state index contributed by atoms with van der Waals surface area (Å²) >= 11 is 5.70. The van der Waals surface area contributed by atoms with Gasteiger partial charge in [-0.2, -0.15) is 0 Å². The molecule has 0 saturated carbocycles. The van der Waals surface area contributed by atoms with Gasteiger partial charge in [0.2, 0.25) is 0 Å². The van der Waals surface area contributed by atoms with Gasteiger partial charge in [-0.3, -0.25) is 0 Å². The van der Waals surface area contributed by atoms with Gasteiger partial charge in [0.05, 0.1) is 16.8 Å². The third-order valence-corrected chi connectivity index (χ3v) is 3.29. The van der Waals surface area contributed by atoms with Crippen molar-refractivity contribution in [3.05, 3.63) is 29.0 Å². The van der Waals surface area contributed by atoms with Crippen molar-refractivity contribution in [2.75, 3.05) is 18.5 Å². The molecule has 1 aliphatic heterocycles. The molecule has 1 saturated heterocycles. The van der Waals surface area contributed by atoms with E-state index in [0.717, 1.165) is 32.4 Å². The summed E-state index contributed by atoms with van der Waals surface area (Å²) in [5.41, 5.74) is 0.477. The zero-order valence-corrected chi connectivity index (χ0v) is 10.5. The largest absolute Gasteiger partial charge is 0.383 e. The third-order valence-electron chi connectivity index (χ3n) is 2.99. The Balaban J connectivity index is 1.72. The van der Waals surface area contributed by atoms with E-state index in [1.54, 1.807) is 18.2 Å². The van der Waals surface area contributed by atoms with Crippen molar-refractivity contribution < 1.29 is 9.13 Å². The number of benzene rings is 1. The molecule has 2 rings (SSSR count). The molecule has 1 fully saturated rings. The monoisotopic (exact) mass is 257 g/mol. The summed E-state index contributed by atoms with van der Waals surface area (Å²) in [5.74, 6) is -0.369. The van der Waals surface area contributed by atoms with Gasteiger partial charge in [0.25, 0.3) is 0 Å². The Kier molecular flexibility index (Phi) is 4.63. The fourth-order valence-electron chi connectivity index (χ4n) is 2.07. The summed E-state index contributed by atoms with van der Waals surface area (Å²) in [7, 11) is 0. The summed E-state index contributed by atoms with van der Waals surface area (Å²) in [4.78, 5) is 0. The van der Waals surface area contributed by atoms with Gasteiger partial charge >= 0.3 is 0 Å². The zero-order valence-electron chi connectivity index (χ0n) is 9.72. The van der Waals surface area contributed by atoms with Crippen LogP contribution < -0.4 is 5.32 Å². The highest BCUT2D eigenvalue weighted by atomic mass is 35.5. The quantitative estimate of drug-likeness (QED) is 0.809. The molecule has 94 valence electrons. The predicted molar refractivity (Wildman–Crippen MR) is 68.1 cm³/mol. The Morgan fingerprint density at radius 3 is 3.12 bits per heavy atom. The van der Waals surface area contributed by atoms with Crippen LogP contribution in [0, 0.1) is 5.82 Å². The SMILES string of the molecule is Fc1c(Cl)cccc1NCCCC1CCCO1. The number of hydrogen-bond acceptors (Lipinski definition) is 2. The molecule has 0 spiro atoms. The summed E-state index contributed by atoms with van der Waals surface area (Å²) < 4.78 is 19.0. The van der Waals surface area contributed by atoms with E-state index in [0.29, 0.717) is 11.8 Å². The van der Waals surface area contributed by atoms with Crippen LogP contribution in [0.5, 0.6) is 0 Å². The maximum Gasteiger partial charge on any atom is 0.164 e. The molecule has 1 atom stereocenters. The molecule has 1 aromatic carbocycles. The Morgan fingerprint density at radius 1 is 1.47 bits per heavy atom. The van der Waals surface area contributed by atoms with Crippen LogP contribution in [0.3, 0.4) is 0 Å². The number of ether oxygens (including phenoxy) is 1.